The minimum atomic E-state index is 0.280. The van der Waals surface area contributed by atoms with Crippen molar-refractivity contribution in [3.05, 3.63) is 34.9 Å². The Balaban J connectivity index is 2.05. The molecule has 1 aromatic rings. The largest absolute Gasteiger partial charge is 0.314 e. The first-order valence-electron chi connectivity index (χ1n) is 6.90. The lowest BCUT2D eigenvalue weighted by Gasteiger charge is -2.27. The van der Waals surface area contributed by atoms with Crippen LogP contribution in [0.15, 0.2) is 18.2 Å². The number of piperidine rings is 1. The third-order valence-electron chi connectivity index (χ3n) is 3.88. The van der Waals surface area contributed by atoms with Gasteiger partial charge in [-0.05, 0) is 50.8 Å². The molecule has 1 heterocycles. The summed E-state index contributed by atoms with van der Waals surface area (Å²) in [5, 5.41) is 3.46. The maximum Gasteiger partial charge on any atom is 0.164 e. The van der Waals surface area contributed by atoms with Crippen LogP contribution >= 0.6 is 0 Å². The second-order valence-corrected chi connectivity index (χ2v) is 5.73. The molecule has 1 N–H and O–H groups in total. The Morgan fingerprint density at radius 2 is 2.17 bits per heavy atom. The predicted octanol–water partition coefficient (Wildman–Crippen LogP) is 3.26. The van der Waals surface area contributed by atoms with Crippen molar-refractivity contribution >= 4 is 5.78 Å². The monoisotopic (exact) mass is 245 g/mol. The second-order valence-electron chi connectivity index (χ2n) is 5.73. The van der Waals surface area contributed by atoms with E-state index in [-0.39, 0.29) is 5.78 Å². The van der Waals surface area contributed by atoms with Crippen molar-refractivity contribution in [2.45, 2.75) is 46.1 Å². The Bertz CT molecular complexity index is 439. The number of hydrogen-bond acceptors (Lipinski definition) is 2. The van der Waals surface area contributed by atoms with Crippen LogP contribution in [0.5, 0.6) is 0 Å². The second kappa shape index (κ2) is 5.66. The van der Waals surface area contributed by atoms with Crippen LogP contribution in [0.3, 0.4) is 0 Å². The van der Waals surface area contributed by atoms with Crippen LogP contribution in [-0.4, -0.2) is 18.4 Å². The van der Waals surface area contributed by atoms with Crippen molar-refractivity contribution < 1.29 is 4.79 Å². The van der Waals surface area contributed by atoms with Crippen LogP contribution in [0, 0.1) is 19.8 Å². The minimum Gasteiger partial charge on any atom is -0.314 e. The number of aryl methyl sites for hydroxylation is 2. The maximum atomic E-state index is 12.4. The normalized spacial score (nSPS) is 23.9. The molecule has 1 aliphatic rings. The molecule has 1 saturated heterocycles. The van der Waals surface area contributed by atoms with Gasteiger partial charge in [0.25, 0.3) is 0 Å². The molecule has 0 amide bonds. The van der Waals surface area contributed by atoms with Gasteiger partial charge in [-0.15, -0.1) is 0 Å². The van der Waals surface area contributed by atoms with E-state index in [4.69, 9.17) is 0 Å². The Kier molecular flexibility index (Phi) is 4.18. The quantitative estimate of drug-likeness (QED) is 0.828. The molecule has 1 fully saturated rings. The van der Waals surface area contributed by atoms with Crippen molar-refractivity contribution in [2.24, 2.45) is 5.92 Å². The molecule has 0 saturated carbocycles. The Morgan fingerprint density at radius 1 is 1.39 bits per heavy atom. The molecule has 0 spiro atoms. The first-order valence-corrected chi connectivity index (χ1v) is 6.90. The molecule has 98 valence electrons. The van der Waals surface area contributed by atoms with Gasteiger partial charge in [0.2, 0.25) is 0 Å². The fourth-order valence-corrected chi connectivity index (χ4v) is 2.75. The highest BCUT2D eigenvalue weighted by atomic mass is 16.1. The van der Waals surface area contributed by atoms with E-state index in [1.54, 1.807) is 0 Å². The summed E-state index contributed by atoms with van der Waals surface area (Å²) in [6, 6.07) is 6.48. The zero-order valence-corrected chi connectivity index (χ0v) is 11.6. The van der Waals surface area contributed by atoms with Gasteiger partial charge in [0.1, 0.15) is 0 Å². The zero-order valence-electron chi connectivity index (χ0n) is 11.6. The van der Waals surface area contributed by atoms with Gasteiger partial charge in [0.15, 0.2) is 5.78 Å². The summed E-state index contributed by atoms with van der Waals surface area (Å²) in [5.74, 6) is 1.02. The Morgan fingerprint density at radius 3 is 2.89 bits per heavy atom. The number of carbonyl (C=O) groups excluding carboxylic acids is 1. The van der Waals surface area contributed by atoms with E-state index in [9.17, 15) is 4.79 Å². The maximum absolute atomic E-state index is 12.4. The van der Waals surface area contributed by atoms with Crippen LogP contribution < -0.4 is 5.32 Å². The number of Topliss-reactive ketones (excluding diaryl/α,β-unsaturated/α-hetero) is 1. The van der Waals surface area contributed by atoms with E-state index in [0.717, 1.165) is 35.6 Å². The fraction of sp³-hybridized carbons (Fsp3) is 0.562. The topological polar surface area (TPSA) is 29.1 Å². The first kappa shape index (κ1) is 13.3. The molecule has 2 heteroatoms. The number of nitrogens with one attached hydrogen (secondary N) is 1. The van der Waals surface area contributed by atoms with E-state index in [0.29, 0.717) is 12.5 Å². The molecule has 0 aliphatic carbocycles. The van der Waals surface area contributed by atoms with E-state index >= 15 is 0 Å². The van der Waals surface area contributed by atoms with Gasteiger partial charge in [-0.2, -0.15) is 0 Å². The molecule has 18 heavy (non-hydrogen) atoms. The molecule has 0 radical (unpaired) electrons. The number of rotatable bonds is 3. The summed E-state index contributed by atoms with van der Waals surface area (Å²) in [7, 11) is 0. The third-order valence-corrected chi connectivity index (χ3v) is 3.88. The summed E-state index contributed by atoms with van der Waals surface area (Å²) < 4.78 is 0. The van der Waals surface area contributed by atoms with Gasteiger partial charge < -0.3 is 5.32 Å². The minimum absolute atomic E-state index is 0.280. The molecule has 2 rings (SSSR count). The van der Waals surface area contributed by atoms with Crippen LogP contribution in [0.25, 0.3) is 0 Å². The van der Waals surface area contributed by atoms with Gasteiger partial charge >= 0.3 is 0 Å². The summed E-state index contributed by atoms with van der Waals surface area (Å²) >= 11 is 0. The van der Waals surface area contributed by atoms with Crippen molar-refractivity contribution in [2.75, 3.05) is 6.54 Å². The third kappa shape index (κ3) is 3.20. The van der Waals surface area contributed by atoms with Gasteiger partial charge in [-0.3, -0.25) is 4.79 Å². The van der Waals surface area contributed by atoms with Gasteiger partial charge in [-0.25, -0.2) is 0 Å². The van der Waals surface area contributed by atoms with E-state index in [2.05, 4.69) is 18.3 Å². The molecule has 0 bridgehead atoms. The van der Waals surface area contributed by atoms with Crippen molar-refractivity contribution in [3.63, 3.8) is 0 Å². The average molecular weight is 245 g/mol. The average Bonchev–Trinajstić information content (AvgIpc) is 2.32. The zero-order chi connectivity index (χ0) is 13.1. The smallest absolute Gasteiger partial charge is 0.164 e. The van der Waals surface area contributed by atoms with Gasteiger partial charge in [0.05, 0.1) is 0 Å². The molecular formula is C16H23NO. The lowest BCUT2D eigenvalue weighted by Crippen LogP contribution is -2.38. The lowest BCUT2D eigenvalue weighted by atomic mass is 9.89. The lowest BCUT2D eigenvalue weighted by molar-refractivity contribution is 0.0958. The molecule has 2 nitrogen and oxygen atoms in total. The number of hydrogen-bond donors (Lipinski definition) is 1. The predicted molar refractivity (Wildman–Crippen MR) is 75.1 cm³/mol. The van der Waals surface area contributed by atoms with Crippen molar-refractivity contribution in [1.29, 1.82) is 0 Å². The first-order chi connectivity index (χ1) is 8.56. The van der Waals surface area contributed by atoms with Crippen LogP contribution in [0.2, 0.25) is 0 Å². The highest BCUT2D eigenvalue weighted by Gasteiger charge is 2.21. The van der Waals surface area contributed by atoms with E-state index in [1.807, 2.05) is 26.0 Å². The molecule has 0 aromatic heterocycles. The van der Waals surface area contributed by atoms with Crippen LogP contribution in [0.1, 0.15) is 47.7 Å². The molecule has 2 atom stereocenters. The number of benzene rings is 1. The highest BCUT2D eigenvalue weighted by molar-refractivity contribution is 5.98. The number of carbonyl (C=O) groups is 1. The highest BCUT2D eigenvalue weighted by Crippen LogP contribution is 2.20. The van der Waals surface area contributed by atoms with Gasteiger partial charge in [-0.1, -0.05) is 24.6 Å². The van der Waals surface area contributed by atoms with Crippen LogP contribution in [-0.2, 0) is 0 Å². The van der Waals surface area contributed by atoms with Crippen molar-refractivity contribution in [1.82, 2.24) is 5.32 Å². The summed E-state index contributed by atoms with van der Waals surface area (Å²) in [5.41, 5.74) is 3.15. The molecule has 1 aromatic carbocycles. The standard InChI is InChI=1S/C16H23NO/c1-11-4-5-13(3)15(9-11)16(18)10-14-8-12(2)6-7-17-14/h4-5,9,12,14,17H,6-8,10H2,1-3H3. The Labute approximate surface area is 110 Å². The summed E-state index contributed by atoms with van der Waals surface area (Å²) in [6.45, 7) is 7.38. The van der Waals surface area contributed by atoms with Crippen LogP contribution in [0.4, 0.5) is 0 Å². The van der Waals surface area contributed by atoms with Gasteiger partial charge in [0, 0.05) is 18.0 Å². The Hall–Kier alpha value is -1.15. The summed E-state index contributed by atoms with van der Waals surface area (Å²) in [4.78, 5) is 12.4. The summed E-state index contributed by atoms with van der Waals surface area (Å²) in [6.07, 6.45) is 2.99. The molecule has 2 unspecified atom stereocenters. The molecule has 1 aliphatic heterocycles. The SMILES string of the molecule is Cc1ccc(C)c(C(=O)CC2CC(C)CCN2)c1. The number of ketones is 1. The fourth-order valence-electron chi connectivity index (χ4n) is 2.75. The van der Waals surface area contributed by atoms with E-state index in [1.165, 1.54) is 6.42 Å². The van der Waals surface area contributed by atoms with E-state index < -0.39 is 0 Å². The van der Waals surface area contributed by atoms with Crippen molar-refractivity contribution in [3.8, 4) is 0 Å². The molecular weight excluding hydrogens is 222 g/mol.